The van der Waals surface area contributed by atoms with E-state index in [2.05, 4.69) is 0 Å². The predicted molar refractivity (Wildman–Crippen MR) is 173 cm³/mol. The van der Waals surface area contributed by atoms with Crippen LogP contribution >= 0.6 is 0 Å². The number of ether oxygens (including phenoxy) is 1. The topological polar surface area (TPSA) is 90.4 Å². The van der Waals surface area contributed by atoms with Crippen LogP contribution in [-0.2, 0) is 37.8 Å². The average Bonchev–Trinajstić information content (AvgIpc) is 3.44. The number of amides is 3. The van der Waals surface area contributed by atoms with Gasteiger partial charge in [0.15, 0.2) is 5.60 Å². The van der Waals surface area contributed by atoms with Crippen LogP contribution in [-0.4, -0.2) is 61.9 Å². The molecule has 3 heterocycles. The molecule has 236 valence electrons. The molecule has 3 aromatic rings. The van der Waals surface area contributed by atoms with Crippen molar-refractivity contribution >= 4 is 37.5 Å². The highest BCUT2D eigenvalue weighted by molar-refractivity contribution is 6.72. The molecule has 2 saturated heterocycles. The van der Waals surface area contributed by atoms with E-state index < -0.39 is 31.6 Å². The Kier molecular flexibility index (Phi) is 8.40. The molecule has 6 rings (SSSR count). The Hall–Kier alpha value is -3.86. The molecule has 3 amide bonds. The summed E-state index contributed by atoms with van der Waals surface area (Å²) >= 11 is 0. The molecule has 0 unspecified atom stereocenters. The number of halogens is 1. The van der Waals surface area contributed by atoms with Gasteiger partial charge in [-0.25, -0.2) is 0 Å². The molecule has 45 heavy (non-hydrogen) atoms. The third kappa shape index (κ3) is 5.60. The Morgan fingerprint density at radius 2 is 1.71 bits per heavy atom. The van der Waals surface area contributed by atoms with Crippen molar-refractivity contribution in [2.24, 2.45) is 5.92 Å². The number of aliphatic hydroxyl groups is 1. The number of β-lactam (4-membered cyclic amide) rings is 1. The van der Waals surface area contributed by atoms with Crippen LogP contribution in [0.3, 0.4) is 0 Å². The summed E-state index contributed by atoms with van der Waals surface area (Å²) in [5.74, 6) is -0.919. The number of nitrogens with zero attached hydrogens (tertiary/aromatic N) is 3. The zero-order valence-electron chi connectivity index (χ0n) is 26.0. The van der Waals surface area contributed by atoms with E-state index >= 15 is 4.11 Å². The van der Waals surface area contributed by atoms with Crippen molar-refractivity contribution in [3.8, 4) is 0 Å². The highest BCUT2D eigenvalue weighted by Gasteiger charge is 2.67. The minimum absolute atomic E-state index is 0.0872. The van der Waals surface area contributed by atoms with Crippen LogP contribution in [0.5, 0.6) is 0 Å². The maximum atomic E-state index is 16.2. The average molecular weight is 630 g/mol. The van der Waals surface area contributed by atoms with Gasteiger partial charge in [0.2, 0.25) is 20.2 Å². The minimum atomic E-state index is -3.45. The molecule has 3 aromatic carbocycles. The summed E-state index contributed by atoms with van der Waals surface area (Å²) in [7, 11) is -3.45. The SMILES string of the molecule is C[C@@H]1[C@@H]([Si](C)(C)F)[C@H](CC(=O)N(CCO)Cc2ccccc2)O[C@@]12C(=O)N(Cc1ccc(N3CCC3=O)cc1)c1ccccc12. The van der Waals surface area contributed by atoms with Gasteiger partial charge >= 0.3 is 0 Å². The summed E-state index contributed by atoms with van der Waals surface area (Å²) in [5.41, 5.74) is 2.02. The van der Waals surface area contributed by atoms with Crippen molar-refractivity contribution in [3.05, 3.63) is 95.6 Å². The maximum absolute atomic E-state index is 16.2. The largest absolute Gasteiger partial charge is 0.395 e. The number of fused-ring (bicyclic) bond motifs is 2. The normalized spacial score (nSPS) is 24.2. The van der Waals surface area contributed by atoms with E-state index in [0.717, 1.165) is 16.8 Å². The fraction of sp³-hybridized carbons (Fsp3) is 0.400. The molecule has 0 bridgehead atoms. The molecule has 3 aliphatic rings. The first kappa shape index (κ1) is 31.1. The number of benzene rings is 3. The molecule has 0 aromatic heterocycles. The molecule has 0 aliphatic carbocycles. The van der Waals surface area contributed by atoms with Gasteiger partial charge in [-0.1, -0.05) is 67.6 Å². The Bertz CT molecular complexity index is 1580. The van der Waals surface area contributed by atoms with Crippen molar-refractivity contribution in [1.82, 2.24) is 4.90 Å². The Balaban J connectivity index is 1.29. The molecular weight excluding hydrogens is 589 g/mol. The standard InChI is InChI=1S/C35H40FN3O5Si/c1-24-33(45(2,3)36)30(21-32(42)37(19-20-40)22-25-9-5-4-6-10-25)44-35(24)28-11-7-8-12-29(28)39(34(35)43)23-26-13-15-27(16-14-26)38-18-17-31(38)41/h4-16,24,30,33,40H,17-23H2,1-3H3/t24-,30+,33-,35+/m1/s1. The van der Waals surface area contributed by atoms with Crippen molar-refractivity contribution in [2.75, 3.05) is 29.5 Å². The van der Waals surface area contributed by atoms with Crippen molar-refractivity contribution < 1.29 is 28.3 Å². The second-order valence-electron chi connectivity index (χ2n) is 12.9. The fourth-order valence-corrected chi connectivity index (χ4v) is 9.92. The smallest absolute Gasteiger partial charge is 0.264 e. The quantitative estimate of drug-likeness (QED) is 0.190. The van der Waals surface area contributed by atoms with E-state index in [9.17, 15) is 19.5 Å². The first-order valence-corrected chi connectivity index (χ1v) is 18.6. The Labute approximate surface area is 264 Å². The lowest BCUT2D eigenvalue weighted by atomic mass is 9.82. The molecule has 2 fully saturated rings. The lowest BCUT2D eigenvalue weighted by molar-refractivity contribution is -0.150. The fourth-order valence-electron chi connectivity index (χ4n) is 7.43. The monoisotopic (exact) mass is 629 g/mol. The number of carbonyl (C=O) groups excluding carboxylic acids is 3. The molecule has 3 aliphatic heterocycles. The number of rotatable bonds is 10. The zero-order valence-corrected chi connectivity index (χ0v) is 27.0. The molecule has 0 radical (unpaired) electrons. The Morgan fingerprint density at radius 1 is 1.02 bits per heavy atom. The number of hydrogen-bond acceptors (Lipinski definition) is 5. The summed E-state index contributed by atoms with van der Waals surface area (Å²) in [6.45, 7) is 6.37. The lowest BCUT2D eigenvalue weighted by Gasteiger charge is -2.31. The number of para-hydroxylation sites is 1. The van der Waals surface area contributed by atoms with Crippen LogP contribution in [0.25, 0.3) is 0 Å². The molecule has 1 N–H and O–H groups in total. The number of anilines is 2. The molecule has 0 saturated carbocycles. The summed E-state index contributed by atoms with van der Waals surface area (Å²) < 4.78 is 23.0. The van der Waals surface area contributed by atoms with Crippen LogP contribution in [0.15, 0.2) is 78.9 Å². The summed E-state index contributed by atoms with van der Waals surface area (Å²) in [4.78, 5) is 45.2. The van der Waals surface area contributed by atoms with Crippen molar-refractivity contribution in [3.63, 3.8) is 0 Å². The van der Waals surface area contributed by atoms with E-state index in [1.165, 1.54) is 0 Å². The second kappa shape index (κ2) is 12.1. The van der Waals surface area contributed by atoms with Crippen LogP contribution in [0.4, 0.5) is 15.5 Å². The number of carbonyl (C=O) groups is 3. The third-order valence-corrected chi connectivity index (χ3v) is 12.1. The number of hydrogen-bond donors (Lipinski definition) is 1. The summed E-state index contributed by atoms with van der Waals surface area (Å²) in [6, 6.07) is 24.7. The van der Waals surface area contributed by atoms with Crippen molar-refractivity contribution in [1.29, 1.82) is 0 Å². The van der Waals surface area contributed by atoms with Gasteiger partial charge in [0, 0.05) is 48.8 Å². The van der Waals surface area contributed by atoms with E-state index in [1.54, 1.807) is 27.8 Å². The van der Waals surface area contributed by atoms with Gasteiger partial charge in [-0.3, -0.25) is 14.4 Å². The van der Waals surface area contributed by atoms with E-state index in [1.807, 2.05) is 85.8 Å². The highest BCUT2D eigenvalue weighted by atomic mass is 28.4. The van der Waals surface area contributed by atoms with Gasteiger partial charge in [-0.2, -0.15) is 0 Å². The van der Waals surface area contributed by atoms with Crippen LogP contribution in [0.1, 0.15) is 36.5 Å². The van der Waals surface area contributed by atoms with Crippen molar-refractivity contribution in [2.45, 2.75) is 63.2 Å². The second-order valence-corrected chi connectivity index (χ2v) is 16.7. The van der Waals surface area contributed by atoms with Gasteiger partial charge in [0.25, 0.3) is 5.91 Å². The van der Waals surface area contributed by atoms with Crippen LogP contribution in [0.2, 0.25) is 18.6 Å². The summed E-state index contributed by atoms with van der Waals surface area (Å²) in [5, 5.41) is 9.73. The van der Waals surface area contributed by atoms with Gasteiger partial charge < -0.3 is 28.7 Å². The van der Waals surface area contributed by atoms with Gasteiger partial charge in [0.1, 0.15) is 0 Å². The van der Waals surface area contributed by atoms with Gasteiger partial charge in [0.05, 0.1) is 31.4 Å². The van der Waals surface area contributed by atoms with Crippen LogP contribution < -0.4 is 9.80 Å². The lowest BCUT2D eigenvalue weighted by Crippen LogP contribution is -2.45. The molecule has 4 atom stereocenters. The first-order valence-electron chi connectivity index (χ1n) is 15.6. The molecule has 1 spiro atoms. The molecular formula is C35H40FN3O5Si. The van der Waals surface area contributed by atoms with E-state index in [4.69, 9.17) is 4.74 Å². The maximum Gasteiger partial charge on any atom is 0.264 e. The predicted octanol–water partition coefficient (Wildman–Crippen LogP) is 5.16. The summed E-state index contributed by atoms with van der Waals surface area (Å²) in [6.07, 6.45) is -0.336. The first-order chi connectivity index (χ1) is 21.5. The molecule has 10 heteroatoms. The van der Waals surface area contributed by atoms with Gasteiger partial charge in [-0.15, -0.1) is 0 Å². The van der Waals surface area contributed by atoms with Gasteiger partial charge in [-0.05, 0) is 42.4 Å². The zero-order chi connectivity index (χ0) is 31.9. The molecule has 8 nitrogen and oxygen atoms in total. The highest BCUT2D eigenvalue weighted by Crippen LogP contribution is 2.60. The minimum Gasteiger partial charge on any atom is -0.395 e. The van der Waals surface area contributed by atoms with E-state index in [0.29, 0.717) is 30.8 Å². The van der Waals surface area contributed by atoms with E-state index in [-0.39, 0.29) is 43.8 Å². The van der Waals surface area contributed by atoms with Crippen LogP contribution in [0, 0.1) is 5.92 Å². The third-order valence-electron chi connectivity index (χ3n) is 9.62. The Morgan fingerprint density at radius 3 is 2.33 bits per heavy atom. The number of aliphatic hydroxyl groups excluding tert-OH is 1.